The van der Waals surface area contributed by atoms with E-state index in [2.05, 4.69) is 30.0 Å². The van der Waals surface area contributed by atoms with Gasteiger partial charge in [-0.15, -0.1) is 0 Å². The average Bonchev–Trinajstić information content (AvgIpc) is 3.13. The molecule has 0 aliphatic carbocycles. The van der Waals surface area contributed by atoms with E-state index in [0.29, 0.717) is 4.90 Å². The van der Waals surface area contributed by atoms with Crippen LogP contribution in [0.25, 0.3) is 10.8 Å². The molecule has 2 aliphatic rings. The number of ether oxygens (including phenoxy) is 5. The Morgan fingerprint density at radius 3 is 2.22 bits per heavy atom. The maximum atomic E-state index is 14.1. The lowest BCUT2D eigenvalue weighted by molar-refractivity contribution is -0.327. The van der Waals surface area contributed by atoms with Gasteiger partial charge >= 0.3 is 0 Å². The number of benzene rings is 5. The second kappa shape index (κ2) is 14.5. The van der Waals surface area contributed by atoms with Gasteiger partial charge in [-0.1, -0.05) is 127 Å². The summed E-state index contributed by atoms with van der Waals surface area (Å²) in [7, 11) is -1.57. The van der Waals surface area contributed by atoms with Crippen molar-refractivity contribution in [3.63, 3.8) is 0 Å². The van der Waals surface area contributed by atoms with Crippen LogP contribution in [0.15, 0.2) is 138 Å². The van der Waals surface area contributed by atoms with Crippen LogP contribution in [0, 0.1) is 11.8 Å². The van der Waals surface area contributed by atoms with Crippen LogP contribution in [0.5, 0.6) is 0 Å². The van der Waals surface area contributed by atoms with Gasteiger partial charge in [0.25, 0.3) is 0 Å². The minimum absolute atomic E-state index is 0.118. The van der Waals surface area contributed by atoms with Crippen LogP contribution >= 0.6 is 0 Å². The van der Waals surface area contributed by atoms with E-state index < -0.39 is 46.9 Å². The molecule has 7 rings (SSSR count). The molecule has 0 N–H and O–H groups in total. The molecular weight excluding hydrogens is 596 g/mol. The molecule has 7 atom stereocenters. The van der Waals surface area contributed by atoms with E-state index in [0.717, 1.165) is 27.5 Å². The molecule has 0 saturated carbocycles. The van der Waals surface area contributed by atoms with Crippen molar-refractivity contribution >= 4 is 21.6 Å². The molecule has 0 amide bonds. The Bertz CT molecular complexity index is 1820. The first-order chi connectivity index (χ1) is 22.7. The Morgan fingerprint density at radius 2 is 1.41 bits per heavy atom. The minimum atomic E-state index is -1.57. The normalized spacial score (nSPS) is 24.8. The average molecular weight is 631 g/mol. The van der Waals surface area contributed by atoms with Gasteiger partial charge in [-0.3, -0.25) is 4.21 Å². The van der Waals surface area contributed by atoms with E-state index in [1.807, 2.05) is 115 Å². The molecule has 2 saturated heterocycles. The Kier molecular flexibility index (Phi) is 9.64. The number of fused-ring (bicyclic) bond motifs is 2. The molecule has 0 radical (unpaired) electrons. The largest absolute Gasteiger partial charge is 0.367 e. The maximum Gasteiger partial charge on any atom is 0.184 e. The van der Waals surface area contributed by atoms with Crippen molar-refractivity contribution in [3.8, 4) is 11.8 Å². The third kappa shape index (κ3) is 6.84. The van der Waals surface area contributed by atoms with E-state index in [9.17, 15) is 4.21 Å². The first-order valence-electron chi connectivity index (χ1n) is 15.4. The van der Waals surface area contributed by atoms with Gasteiger partial charge in [-0.2, -0.15) is 0 Å². The molecule has 5 aromatic carbocycles. The summed E-state index contributed by atoms with van der Waals surface area (Å²) in [4.78, 5) is 0.647. The van der Waals surface area contributed by atoms with Crippen molar-refractivity contribution in [3.05, 3.63) is 150 Å². The summed E-state index contributed by atoms with van der Waals surface area (Å²) >= 11 is 0. The summed E-state index contributed by atoms with van der Waals surface area (Å²) in [5.41, 5.74) is 1.98. The quantitative estimate of drug-likeness (QED) is 0.176. The second-order valence-electron chi connectivity index (χ2n) is 11.2. The van der Waals surface area contributed by atoms with Crippen molar-refractivity contribution in [1.29, 1.82) is 0 Å². The topological polar surface area (TPSA) is 63.2 Å². The first kappa shape index (κ1) is 30.5. The Balaban J connectivity index is 1.21. The lowest BCUT2D eigenvalue weighted by atomic mass is 9.98. The van der Waals surface area contributed by atoms with Crippen molar-refractivity contribution in [2.75, 3.05) is 13.2 Å². The van der Waals surface area contributed by atoms with Gasteiger partial charge in [-0.25, -0.2) is 0 Å². The lowest BCUT2D eigenvalue weighted by Gasteiger charge is -2.48. The highest BCUT2D eigenvalue weighted by atomic mass is 32.2. The van der Waals surface area contributed by atoms with Gasteiger partial charge in [-0.05, 0) is 34.5 Å². The van der Waals surface area contributed by atoms with Crippen LogP contribution in [0.2, 0.25) is 0 Å². The van der Waals surface area contributed by atoms with Gasteiger partial charge in [0.15, 0.2) is 11.7 Å². The molecule has 5 aromatic rings. The molecular formula is C39H34O6S. The number of hydrogen-bond acceptors (Lipinski definition) is 6. The Morgan fingerprint density at radius 1 is 0.717 bits per heavy atom. The van der Waals surface area contributed by atoms with Crippen molar-refractivity contribution in [2.24, 2.45) is 0 Å². The standard InChI is InChI=1S/C39H34O6S/c40-46(32-22-8-3-9-23-32)39-37(42-26-28-14-4-1-5-15-28)36(35-34(44-39)27-43-38(45-35)31-17-6-2-7-18-31)41-25-13-21-30-20-12-19-29-16-10-11-24-33(29)30/h1-12,14-20,22-24,34-39H,25-27H2/t34-,35-,36+,37+,38-,39-,46+/m1/s1. The molecule has 2 fully saturated rings. The summed E-state index contributed by atoms with van der Waals surface area (Å²) in [6.45, 7) is 0.655. The summed E-state index contributed by atoms with van der Waals surface area (Å²) in [6.07, 6.45) is -3.05. The Hall–Kier alpha value is -4.13. The fourth-order valence-electron chi connectivity index (χ4n) is 5.92. The zero-order valence-corrected chi connectivity index (χ0v) is 26.0. The third-order valence-electron chi connectivity index (χ3n) is 8.19. The molecule has 46 heavy (non-hydrogen) atoms. The van der Waals surface area contributed by atoms with Crippen molar-refractivity contribution in [1.82, 2.24) is 0 Å². The van der Waals surface area contributed by atoms with E-state index in [1.165, 1.54) is 0 Å². The van der Waals surface area contributed by atoms with Gasteiger partial charge in [0.05, 0.1) is 24.0 Å². The number of rotatable bonds is 8. The van der Waals surface area contributed by atoms with Gasteiger partial charge in [0, 0.05) is 16.0 Å². The van der Waals surface area contributed by atoms with Crippen LogP contribution in [0.1, 0.15) is 23.0 Å². The molecule has 0 aromatic heterocycles. The highest BCUT2D eigenvalue weighted by Gasteiger charge is 2.53. The highest BCUT2D eigenvalue weighted by molar-refractivity contribution is 7.85. The predicted octanol–water partition coefficient (Wildman–Crippen LogP) is 6.81. The van der Waals surface area contributed by atoms with E-state index in [1.54, 1.807) is 0 Å². The first-order valence-corrected chi connectivity index (χ1v) is 16.6. The van der Waals surface area contributed by atoms with Crippen molar-refractivity contribution < 1.29 is 27.9 Å². The smallest absolute Gasteiger partial charge is 0.184 e. The zero-order valence-electron chi connectivity index (χ0n) is 25.1. The summed E-state index contributed by atoms with van der Waals surface area (Å²) < 4.78 is 46.6. The fraction of sp³-hybridized carbons (Fsp3) is 0.231. The molecule has 6 nitrogen and oxygen atoms in total. The van der Waals surface area contributed by atoms with Crippen LogP contribution in [0.3, 0.4) is 0 Å². The lowest BCUT2D eigenvalue weighted by Crippen LogP contribution is -2.64. The molecule has 2 heterocycles. The maximum absolute atomic E-state index is 14.1. The summed E-state index contributed by atoms with van der Waals surface area (Å²) in [6, 6.07) is 43.3. The predicted molar refractivity (Wildman–Crippen MR) is 177 cm³/mol. The van der Waals surface area contributed by atoms with Crippen molar-refractivity contribution in [2.45, 2.75) is 47.6 Å². The highest BCUT2D eigenvalue weighted by Crippen LogP contribution is 2.38. The van der Waals surface area contributed by atoms with Gasteiger partial charge < -0.3 is 23.7 Å². The SMILES string of the molecule is O=[S@@](c1ccccc1)[C@H]1O[C@@H]2CO[C@@H](c3ccccc3)O[C@H]2[C@H](OCC#Cc2cccc3ccccc23)[C@@H]1OCc1ccccc1. The van der Waals surface area contributed by atoms with Crippen LogP contribution in [0.4, 0.5) is 0 Å². The molecule has 0 unspecified atom stereocenters. The van der Waals surface area contributed by atoms with Crippen LogP contribution in [-0.4, -0.2) is 47.3 Å². The molecule has 0 spiro atoms. The Labute approximate surface area is 271 Å². The monoisotopic (exact) mass is 630 g/mol. The molecule has 7 heteroatoms. The van der Waals surface area contributed by atoms with E-state index >= 15 is 0 Å². The third-order valence-corrected chi connectivity index (χ3v) is 9.73. The summed E-state index contributed by atoms with van der Waals surface area (Å²) in [5.74, 6) is 6.51. The van der Waals surface area contributed by atoms with E-state index in [4.69, 9.17) is 23.7 Å². The van der Waals surface area contributed by atoms with Gasteiger partial charge in [0.1, 0.15) is 31.0 Å². The zero-order chi connectivity index (χ0) is 31.1. The summed E-state index contributed by atoms with van der Waals surface area (Å²) in [5, 5.41) is 2.22. The van der Waals surface area contributed by atoms with E-state index in [-0.39, 0.29) is 19.8 Å². The van der Waals surface area contributed by atoms with Crippen LogP contribution < -0.4 is 0 Å². The number of hydrogen-bond donors (Lipinski definition) is 0. The molecule has 0 bridgehead atoms. The fourth-order valence-corrected chi connectivity index (χ4v) is 7.34. The molecule has 232 valence electrons. The van der Waals surface area contributed by atoms with Crippen LogP contribution in [-0.2, 0) is 41.1 Å². The molecule has 2 aliphatic heterocycles. The minimum Gasteiger partial charge on any atom is -0.367 e. The second-order valence-corrected chi connectivity index (χ2v) is 12.7. The van der Waals surface area contributed by atoms with Gasteiger partial charge in [0.2, 0.25) is 0 Å².